The van der Waals surface area contributed by atoms with E-state index in [9.17, 15) is 19.2 Å². The van der Waals surface area contributed by atoms with E-state index in [0.29, 0.717) is 22.8 Å². The van der Waals surface area contributed by atoms with Gasteiger partial charge in [0.15, 0.2) is 0 Å². The van der Waals surface area contributed by atoms with Crippen LogP contribution in [0.2, 0.25) is 5.02 Å². The van der Waals surface area contributed by atoms with Crippen molar-refractivity contribution in [2.24, 2.45) is 0 Å². The van der Waals surface area contributed by atoms with Gasteiger partial charge in [-0.05, 0) is 47.9 Å². The fourth-order valence-electron chi connectivity index (χ4n) is 5.86. The van der Waals surface area contributed by atoms with Gasteiger partial charge in [-0.15, -0.1) is 0 Å². The monoisotopic (exact) mass is 596 g/mol. The number of nitrogens with one attached hydrogen (secondary N) is 2. The first-order valence-electron chi connectivity index (χ1n) is 14.2. The molecule has 6 rings (SSSR count). The molecule has 3 aliphatic rings. The van der Waals surface area contributed by atoms with Gasteiger partial charge in [0.05, 0.1) is 33.5 Å². The molecule has 1 unspecified atom stereocenters. The second-order valence-electron chi connectivity index (χ2n) is 10.9. The van der Waals surface area contributed by atoms with Crippen molar-refractivity contribution in [2.75, 3.05) is 36.4 Å². The van der Waals surface area contributed by atoms with Crippen LogP contribution in [0, 0.1) is 11.3 Å². The second-order valence-corrected chi connectivity index (χ2v) is 11.3. The largest absolute Gasteiger partial charge is 0.380 e. The number of carbonyl (C=O) groups excluding carboxylic acids is 4. The molecule has 0 radical (unpaired) electrons. The molecule has 0 saturated carbocycles. The maximum Gasteiger partial charge on any atom is 0.264 e. The Morgan fingerprint density at radius 1 is 0.930 bits per heavy atom. The van der Waals surface area contributed by atoms with Crippen LogP contribution in [0.4, 0.5) is 11.4 Å². The summed E-state index contributed by atoms with van der Waals surface area (Å²) >= 11 is 6.41. The van der Waals surface area contributed by atoms with E-state index in [1.54, 1.807) is 30.3 Å². The standard InChI is InChI=1S/C32H29ClN6O4/c33-24-16-22(17-34)8-9-26(24)38-14-12-37(13-15-38)19-21-6-4-20(5-7-21)18-35-25-3-1-2-23-29(25)32(43)39(31(23)42)27-10-11-28(40)36-30(27)41/h1-9,16,27,35H,10-15,18-19H2,(H,36,40,41). The Morgan fingerprint density at radius 3 is 2.37 bits per heavy atom. The predicted octanol–water partition coefficient (Wildman–Crippen LogP) is 3.55. The number of benzene rings is 3. The van der Waals surface area contributed by atoms with Crippen LogP contribution in [0.25, 0.3) is 0 Å². The number of hydrogen-bond donors (Lipinski definition) is 2. The quantitative estimate of drug-likeness (QED) is 0.397. The molecule has 43 heavy (non-hydrogen) atoms. The number of amides is 4. The van der Waals surface area contributed by atoms with Crippen LogP contribution in [0.3, 0.4) is 0 Å². The number of nitriles is 1. The molecular formula is C32H29ClN6O4. The summed E-state index contributed by atoms with van der Waals surface area (Å²) in [4.78, 5) is 55.9. The zero-order valence-corrected chi connectivity index (χ0v) is 24.1. The number of imide groups is 2. The molecule has 11 heteroatoms. The third-order valence-corrected chi connectivity index (χ3v) is 8.47. The first-order chi connectivity index (χ1) is 20.8. The normalized spacial score (nSPS) is 18.8. The molecule has 3 aliphatic heterocycles. The van der Waals surface area contributed by atoms with E-state index in [2.05, 4.69) is 38.6 Å². The highest BCUT2D eigenvalue weighted by Gasteiger charge is 2.45. The molecule has 3 aromatic carbocycles. The van der Waals surface area contributed by atoms with Crippen molar-refractivity contribution in [2.45, 2.75) is 32.0 Å². The molecule has 3 aromatic rings. The summed E-state index contributed by atoms with van der Waals surface area (Å²) in [6.07, 6.45) is 0.195. The van der Waals surface area contributed by atoms with Gasteiger partial charge in [-0.1, -0.05) is 41.9 Å². The van der Waals surface area contributed by atoms with E-state index in [1.165, 1.54) is 5.56 Å². The number of rotatable bonds is 7. The van der Waals surface area contributed by atoms with Gasteiger partial charge >= 0.3 is 0 Å². The summed E-state index contributed by atoms with van der Waals surface area (Å²) in [6.45, 7) is 4.74. The van der Waals surface area contributed by atoms with Crippen molar-refractivity contribution in [3.63, 3.8) is 0 Å². The Kier molecular flexibility index (Phi) is 7.84. The maximum atomic E-state index is 13.3. The molecule has 4 amide bonds. The zero-order chi connectivity index (χ0) is 30.1. The summed E-state index contributed by atoms with van der Waals surface area (Å²) in [5.74, 6) is -2.09. The van der Waals surface area contributed by atoms with Crippen LogP contribution in [-0.4, -0.2) is 65.6 Å². The lowest BCUT2D eigenvalue weighted by Crippen LogP contribution is -2.54. The van der Waals surface area contributed by atoms with Crippen molar-refractivity contribution in [3.8, 4) is 6.07 Å². The molecule has 0 aromatic heterocycles. The van der Waals surface area contributed by atoms with E-state index < -0.39 is 29.7 Å². The average Bonchev–Trinajstić information content (AvgIpc) is 3.27. The topological polar surface area (TPSA) is 126 Å². The molecule has 218 valence electrons. The maximum absolute atomic E-state index is 13.3. The molecule has 0 spiro atoms. The predicted molar refractivity (Wildman–Crippen MR) is 161 cm³/mol. The van der Waals surface area contributed by atoms with Crippen LogP contribution in [0.15, 0.2) is 60.7 Å². The Bertz CT molecular complexity index is 1660. The van der Waals surface area contributed by atoms with Gasteiger partial charge in [-0.25, -0.2) is 0 Å². The Hall–Kier alpha value is -4.72. The zero-order valence-electron chi connectivity index (χ0n) is 23.3. The summed E-state index contributed by atoms with van der Waals surface area (Å²) in [5, 5.41) is 15.2. The number of piperazine rings is 1. The van der Waals surface area contributed by atoms with Crippen molar-refractivity contribution < 1.29 is 19.2 Å². The second kappa shape index (κ2) is 11.9. The Labute approximate surface area is 253 Å². The number of nitrogens with zero attached hydrogens (tertiary/aromatic N) is 4. The number of fused-ring (bicyclic) bond motifs is 1. The fraction of sp³-hybridized carbons (Fsp3) is 0.281. The van der Waals surface area contributed by atoms with Gasteiger partial charge in [0.1, 0.15) is 6.04 Å². The van der Waals surface area contributed by atoms with Crippen LogP contribution in [0.5, 0.6) is 0 Å². The van der Waals surface area contributed by atoms with Gasteiger partial charge in [0, 0.05) is 51.4 Å². The third kappa shape index (κ3) is 5.69. The minimum absolute atomic E-state index is 0.0780. The van der Waals surface area contributed by atoms with E-state index >= 15 is 0 Å². The number of halogens is 1. The summed E-state index contributed by atoms with van der Waals surface area (Å²) < 4.78 is 0. The molecule has 2 fully saturated rings. The highest BCUT2D eigenvalue weighted by atomic mass is 35.5. The molecular weight excluding hydrogens is 568 g/mol. The summed E-state index contributed by atoms with van der Waals surface area (Å²) in [6, 6.07) is 19.8. The van der Waals surface area contributed by atoms with Crippen molar-refractivity contribution in [3.05, 3.63) is 93.5 Å². The smallest absolute Gasteiger partial charge is 0.264 e. The van der Waals surface area contributed by atoms with Gasteiger partial charge in [-0.3, -0.25) is 34.3 Å². The van der Waals surface area contributed by atoms with E-state index in [1.807, 2.05) is 18.2 Å². The molecule has 0 aliphatic carbocycles. The van der Waals surface area contributed by atoms with E-state index in [0.717, 1.165) is 48.9 Å². The minimum Gasteiger partial charge on any atom is -0.380 e. The van der Waals surface area contributed by atoms with Gasteiger partial charge < -0.3 is 10.2 Å². The minimum atomic E-state index is -0.998. The SMILES string of the molecule is N#Cc1ccc(N2CCN(Cc3ccc(CNc4cccc5c4C(=O)N(C4CCC(=O)NC4=O)C5=O)cc3)CC2)c(Cl)c1. The highest BCUT2D eigenvalue weighted by molar-refractivity contribution is 6.33. The van der Waals surface area contributed by atoms with Gasteiger partial charge in [0.2, 0.25) is 11.8 Å². The van der Waals surface area contributed by atoms with Crippen molar-refractivity contribution in [1.29, 1.82) is 5.26 Å². The summed E-state index contributed by atoms with van der Waals surface area (Å²) in [7, 11) is 0. The Morgan fingerprint density at radius 2 is 1.67 bits per heavy atom. The molecule has 10 nitrogen and oxygen atoms in total. The van der Waals surface area contributed by atoms with Crippen LogP contribution in [-0.2, 0) is 22.7 Å². The van der Waals surface area contributed by atoms with Crippen LogP contribution < -0.4 is 15.5 Å². The first kappa shape index (κ1) is 28.4. The lowest BCUT2D eigenvalue weighted by molar-refractivity contribution is -0.136. The molecule has 2 N–H and O–H groups in total. The third-order valence-electron chi connectivity index (χ3n) is 8.17. The molecule has 2 saturated heterocycles. The molecule has 0 bridgehead atoms. The van der Waals surface area contributed by atoms with Crippen LogP contribution in [0.1, 0.15) is 50.2 Å². The van der Waals surface area contributed by atoms with Crippen LogP contribution >= 0.6 is 11.6 Å². The molecule has 3 heterocycles. The number of carbonyl (C=O) groups is 4. The number of anilines is 2. The van der Waals surface area contributed by atoms with Crippen molar-refractivity contribution in [1.82, 2.24) is 15.1 Å². The van der Waals surface area contributed by atoms with Gasteiger partial charge in [0.25, 0.3) is 11.8 Å². The van der Waals surface area contributed by atoms with E-state index in [-0.39, 0.29) is 24.0 Å². The fourth-order valence-corrected chi connectivity index (χ4v) is 6.16. The average molecular weight is 597 g/mol. The lowest BCUT2D eigenvalue weighted by atomic mass is 10.0. The molecule has 1 atom stereocenters. The number of piperidine rings is 1. The van der Waals surface area contributed by atoms with E-state index in [4.69, 9.17) is 16.9 Å². The Balaban J connectivity index is 1.05. The summed E-state index contributed by atoms with van der Waals surface area (Å²) in [5.41, 5.74) is 4.73. The van der Waals surface area contributed by atoms with Gasteiger partial charge in [-0.2, -0.15) is 5.26 Å². The first-order valence-corrected chi connectivity index (χ1v) is 14.5. The van der Waals surface area contributed by atoms with Crippen molar-refractivity contribution >= 4 is 46.6 Å². The highest BCUT2D eigenvalue weighted by Crippen LogP contribution is 2.33. The number of hydrogen-bond acceptors (Lipinski definition) is 8. The lowest BCUT2D eigenvalue weighted by Gasteiger charge is -2.36.